The fourth-order valence-electron chi connectivity index (χ4n) is 0.792. The molecule has 0 aromatic carbocycles. The molecule has 0 fully saturated rings. The van der Waals surface area contributed by atoms with Gasteiger partial charge < -0.3 is 4.89 Å². The van der Waals surface area contributed by atoms with Crippen molar-refractivity contribution in [2.45, 2.75) is 45.7 Å². The van der Waals surface area contributed by atoms with Gasteiger partial charge in [0.1, 0.15) is 0 Å². The van der Waals surface area contributed by atoms with Crippen molar-refractivity contribution in [2.24, 2.45) is 0 Å². The summed E-state index contributed by atoms with van der Waals surface area (Å²) in [5.74, 6) is 0. The van der Waals surface area contributed by atoms with Gasteiger partial charge in [-0.1, -0.05) is 24.8 Å². The van der Waals surface area contributed by atoms with Crippen LogP contribution in [0.15, 0.2) is 0 Å². The van der Waals surface area contributed by atoms with E-state index >= 15 is 0 Å². The summed E-state index contributed by atoms with van der Waals surface area (Å²) in [4.78, 5) is 18.2. The van der Waals surface area contributed by atoms with Gasteiger partial charge in [0.2, 0.25) is 0 Å². The summed E-state index contributed by atoms with van der Waals surface area (Å²) in [6.07, 6.45) is 2.90. The molecular weight excluding hydrogens is 245 g/mol. The van der Waals surface area contributed by atoms with E-state index in [0.717, 1.165) is 19.3 Å². The Hall–Kier alpha value is 1.12. The molecule has 3 atom stereocenters. The Labute approximate surface area is 116 Å². The monoisotopic (exact) mass is 264 g/mol. The zero-order valence-corrected chi connectivity index (χ0v) is 13.8. The molecule has 1 N–H and O–H groups in total. The second kappa shape index (κ2) is 15.1. The van der Waals surface area contributed by atoms with Crippen molar-refractivity contribution in [1.82, 2.24) is 0 Å². The molecule has 0 aliphatic carbocycles. The fraction of sp³-hybridized carbons (Fsp3) is 1.00. The van der Waals surface area contributed by atoms with Gasteiger partial charge in [-0.2, -0.15) is 4.89 Å². The van der Waals surface area contributed by atoms with Crippen LogP contribution in [0.3, 0.4) is 0 Å². The average Bonchev–Trinajstić information content (AvgIpc) is 2.14. The zero-order valence-electron chi connectivity index (χ0n) is 9.97. The standard InChI is InChI=1S/C6H13O2P.C2H5O2P.Na/c1-3-5-6(4-2)9(7)8;1-2-5(3)4;/h6H,3-5H2,1-2H3;2H2,1H3;/q;;+1/p+1. The molecule has 0 rings (SSSR count). The van der Waals surface area contributed by atoms with Crippen LogP contribution < -0.4 is 34.5 Å². The maximum atomic E-state index is 10.4. The predicted molar refractivity (Wildman–Crippen MR) is 57.0 cm³/mol. The molecule has 3 unspecified atom stereocenters. The van der Waals surface area contributed by atoms with E-state index < -0.39 is 16.1 Å². The van der Waals surface area contributed by atoms with E-state index in [4.69, 9.17) is 4.89 Å². The van der Waals surface area contributed by atoms with Gasteiger partial charge in [0.25, 0.3) is 0 Å². The van der Waals surface area contributed by atoms with Crippen LogP contribution in [-0.4, -0.2) is 16.7 Å². The molecule has 0 heterocycles. The largest absolute Gasteiger partial charge is 1.00 e. The van der Waals surface area contributed by atoms with E-state index in [1.165, 1.54) is 0 Å². The zero-order chi connectivity index (χ0) is 11.6. The molecule has 7 heteroatoms. The van der Waals surface area contributed by atoms with E-state index in [1.807, 2.05) is 13.8 Å². The van der Waals surface area contributed by atoms with Crippen molar-refractivity contribution >= 4 is 16.1 Å². The Morgan fingerprint density at radius 2 is 1.67 bits per heavy atom. The smallest absolute Gasteiger partial charge is 0.595 e. The first-order valence-electron chi connectivity index (χ1n) is 4.76. The van der Waals surface area contributed by atoms with Gasteiger partial charge in [0.05, 0.1) is 0 Å². The Morgan fingerprint density at radius 3 is 1.73 bits per heavy atom. The third-order valence-electron chi connectivity index (χ3n) is 1.66. The van der Waals surface area contributed by atoms with E-state index in [2.05, 4.69) is 0 Å². The Balaban J connectivity index is -0.000000208. The summed E-state index contributed by atoms with van der Waals surface area (Å²) >= 11 is 0. The third kappa shape index (κ3) is 17.7. The van der Waals surface area contributed by atoms with Gasteiger partial charge >= 0.3 is 45.6 Å². The van der Waals surface area contributed by atoms with Crippen molar-refractivity contribution in [3.05, 3.63) is 0 Å². The molecule has 84 valence electrons. The normalized spacial score (nSPS) is 12.9. The van der Waals surface area contributed by atoms with Gasteiger partial charge in [0.15, 0.2) is 11.8 Å². The quantitative estimate of drug-likeness (QED) is 0.532. The van der Waals surface area contributed by atoms with Crippen LogP contribution >= 0.6 is 16.1 Å². The second-order valence-electron chi connectivity index (χ2n) is 2.80. The van der Waals surface area contributed by atoms with Crippen LogP contribution in [0.1, 0.15) is 40.0 Å². The maximum Gasteiger partial charge on any atom is 1.00 e. The molecule has 0 aromatic heterocycles. The average molecular weight is 264 g/mol. The number of rotatable bonds is 5. The molecule has 15 heavy (non-hydrogen) atoms. The molecule has 0 saturated heterocycles. The summed E-state index contributed by atoms with van der Waals surface area (Å²) in [6.45, 7) is 5.58. The van der Waals surface area contributed by atoms with Gasteiger partial charge in [-0.3, -0.25) is 0 Å². The third-order valence-corrected chi connectivity index (χ3v) is 3.42. The summed E-state index contributed by atoms with van der Waals surface area (Å²) < 4.78 is 19.9. The van der Waals surface area contributed by atoms with E-state index in [9.17, 15) is 14.0 Å². The second-order valence-corrected chi connectivity index (χ2v) is 5.44. The van der Waals surface area contributed by atoms with Crippen LogP contribution in [0.2, 0.25) is 0 Å². The molecule has 0 aromatic rings. The maximum absolute atomic E-state index is 10.4. The van der Waals surface area contributed by atoms with Gasteiger partial charge in [-0.05, 0) is 24.3 Å². The first-order chi connectivity index (χ1) is 6.49. The van der Waals surface area contributed by atoms with Crippen LogP contribution in [0.4, 0.5) is 0 Å². The molecular formula is C8H19NaO4P2+2. The molecule has 0 aliphatic heterocycles. The molecule has 0 aliphatic rings. The van der Waals surface area contributed by atoms with E-state index in [1.54, 1.807) is 6.92 Å². The van der Waals surface area contributed by atoms with Crippen molar-refractivity contribution in [2.75, 3.05) is 6.16 Å². The van der Waals surface area contributed by atoms with Crippen LogP contribution in [0.25, 0.3) is 0 Å². The minimum Gasteiger partial charge on any atom is -0.595 e. The van der Waals surface area contributed by atoms with E-state index in [-0.39, 0.29) is 35.2 Å². The summed E-state index contributed by atoms with van der Waals surface area (Å²) in [7, 11) is -4.02. The predicted octanol–water partition coefficient (Wildman–Crippen LogP) is -0.587. The Bertz CT molecular complexity index is 178. The van der Waals surface area contributed by atoms with Crippen molar-refractivity contribution < 1.29 is 48.5 Å². The van der Waals surface area contributed by atoms with Crippen LogP contribution in [-0.2, 0) is 9.13 Å². The van der Waals surface area contributed by atoms with Crippen molar-refractivity contribution in [3.63, 3.8) is 0 Å². The topological polar surface area (TPSA) is 77.4 Å². The fourth-order valence-corrected chi connectivity index (χ4v) is 1.56. The molecule has 0 saturated carbocycles. The van der Waals surface area contributed by atoms with Crippen molar-refractivity contribution in [1.29, 1.82) is 0 Å². The summed E-state index contributed by atoms with van der Waals surface area (Å²) in [6, 6.07) is 0. The molecule has 0 spiro atoms. The van der Waals surface area contributed by atoms with Gasteiger partial charge in [0, 0.05) is 0 Å². The van der Waals surface area contributed by atoms with Crippen LogP contribution in [0.5, 0.6) is 0 Å². The first kappa shape index (κ1) is 21.4. The van der Waals surface area contributed by atoms with E-state index in [0.29, 0.717) is 6.16 Å². The minimum absolute atomic E-state index is 0. The number of hydrogen-bond donors (Lipinski definition) is 1. The first-order valence-corrected chi connectivity index (χ1v) is 7.40. The summed E-state index contributed by atoms with van der Waals surface area (Å²) in [5.41, 5.74) is -0.0787. The Morgan fingerprint density at radius 1 is 1.27 bits per heavy atom. The van der Waals surface area contributed by atoms with Crippen molar-refractivity contribution in [3.8, 4) is 0 Å². The number of hydrogen-bond acceptors (Lipinski definition) is 3. The molecule has 4 nitrogen and oxygen atoms in total. The molecule has 0 radical (unpaired) electrons. The van der Waals surface area contributed by atoms with Gasteiger partial charge in [-0.25, -0.2) is 0 Å². The minimum atomic E-state index is -2.17. The Kier molecular flexibility index (Phi) is 21.6. The van der Waals surface area contributed by atoms with Gasteiger partial charge in [-0.15, -0.1) is 0 Å². The molecule has 0 amide bonds. The summed E-state index contributed by atoms with van der Waals surface area (Å²) in [5, 5.41) is 0. The van der Waals surface area contributed by atoms with Crippen LogP contribution in [0, 0.1) is 0 Å². The SMILES string of the molecule is CCCC(CC)[P+](=O)[O-].CC[P+](=O)O.[Na+]. The molecule has 0 bridgehead atoms.